The Kier molecular flexibility index (Phi) is 6.16. The van der Waals surface area contributed by atoms with Crippen LogP contribution >= 0.6 is 0 Å². The predicted molar refractivity (Wildman–Crippen MR) is 109 cm³/mol. The van der Waals surface area contributed by atoms with Crippen molar-refractivity contribution in [3.05, 3.63) is 29.4 Å². The monoisotopic (exact) mass is 386 g/mol. The summed E-state index contributed by atoms with van der Waals surface area (Å²) >= 11 is 0. The van der Waals surface area contributed by atoms with Crippen LogP contribution in [0.15, 0.2) is 17.8 Å². The van der Waals surface area contributed by atoms with Gasteiger partial charge in [0, 0.05) is 50.4 Å². The number of hydrogen-bond donors (Lipinski definition) is 2. The van der Waals surface area contributed by atoms with Gasteiger partial charge < -0.3 is 15.0 Å². The molecule has 2 atom stereocenters. The number of aromatic amines is 1. The Bertz CT molecular complexity index is 713. The van der Waals surface area contributed by atoms with E-state index in [1.165, 1.54) is 24.8 Å². The van der Waals surface area contributed by atoms with E-state index in [1.54, 1.807) is 0 Å². The molecule has 1 amide bonds. The lowest BCUT2D eigenvalue weighted by Gasteiger charge is -2.26. The third-order valence-corrected chi connectivity index (χ3v) is 6.60. The average molecular weight is 387 g/mol. The van der Waals surface area contributed by atoms with Gasteiger partial charge in [0.15, 0.2) is 0 Å². The summed E-state index contributed by atoms with van der Waals surface area (Å²) < 4.78 is 5.75. The van der Waals surface area contributed by atoms with Gasteiger partial charge in [0.05, 0.1) is 18.6 Å². The van der Waals surface area contributed by atoms with Gasteiger partial charge in [-0.3, -0.25) is 9.69 Å². The molecule has 2 fully saturated rings. The Balaban J connectivity index is 1.35. The van der Waals surface area contributed by atoms with Gasteiger partial charge >= 0.3 is 0 Å². The van der Waals surface area contributed by atoms with Gasteiger partial charge in [0.2, 0.25) is 5.91 Å². The van der Waals surface area contributed by atoms with Crippen LogP contribution in [0.2, 0.25) is 0 Å². The van der Waals surface area contributed by atoms with E-state index in [0.717, 1.165) is 56.8 Å². The summed E-state index contributed by atoms with van der Waals surface area (Å²) in [7, 11) is 0. The molecule has 3 aliphatic rings. The van der Waals surface area contributed by atoms with Crippen molar-refractivity contribution in [1.82, 2.24) is 20.2 Å². The van der Waals surface area contributed by atoms with Gasteiger partial charge in [-0.1, -0.05) is 25.0 Å². The molecule has 1 aliphatic carbocycles. The molecule has 1 aromatic rings. The van der Waals surface area contributed by atoms with Gasteiger partial charge in [-0.15, -0.1) is 0 Å². The number of amides is 1. The molecule has 6 nitrogen and oxygen atoms in total. The number of nitrogens with zero attached hydrogens (tertiary/aromatic N) is 2. The molecule has 1 aromatic heterocycles. The lowest BCUT2D eigenvalue weighted by Crippen LogP contribution is -2.47. The predicted octanol–water partition coefficient (Wildman–Crippen LogP) is 2.82. The summed E-state index contributed by atoms with van der Waals surface area (Å²) in [5, 5.41) is 3.23. The number of carbonyl (C=O) groups excluding carboxylic acids is 1. The highest BCUT2D eigenvalue weighted by Crippen LogP contribution is 2.42. The van der Waals surface area contributed by atoms with Crippen molar-refractivity contribution in [3.8, 4) is 0 Å². The minimum Gasteiger partial charge on any atom is -0.380 e. The Morgan fingerprint density at radius 2 is 2.39 bits per heavy atom. The smallest absolute Gasteiger partial charge is 0.230 e. The van der Waals surface area contributed by atoms with Crippen molar-refractivity contribution < 1.29 is 9.53 Å². The minimum atomic E-state index is -0.389. The second-order valence-electron chi connectivity index (χ2n) is 8.79. The van der Waals surface area contributed by atoms with E-state index in [-0.39, 0.29) is 17.2 Å². The molecule has 6 heteroatoms. The first kappa shape index (κ1) is 19.6. The van der Waals surface area contributed by atoms with Gasteiger partial charge in [0.1, 0.15) is 5.82 Å². The number of unbranched alkanes of at least 4 members (excludes halogenated alkanes) is 1. The molecular weight excluding hydrogens is 352 g/mol. The number of imidazole rings is 1. The van der Waals surface area contributed by atoms with Crippen molar-refractivity contribution >= 4 is 5.91 Å². The molecule has 2 N–H and O–H groups in total. The van der Waals surface area contributed by atoms with Crippen LogP contribution in [0, 0.1) is 11.3 Å². The zero-order valence-corrected chi connectivity index (χ0v) is 17.1. The molecule has 4 rings (SSSR count). The zero-order chi connectivity index (χ0) is 19.4. The molecule has 0 radical (unpaired) electrons. The number of nitrogens with one attached hydrogen (secondary N) is 2. The van der Waals surface area contributed by atoms with Gasteiger partial charge in [-0.25, -0.2) is 4.98 Å². The average Bonchev–Trinajstić information content (AvgIpc) is 3.40. The van der Waals surface area contributed by atoms with Crippen molar-refractivity contribution in [2.24, 2.45) is 11.3 Å². The summed E-state index contributed by atoms with van der Waals surface area (Å²) in [6.07, 6.45) is 12.4. The van der Waals surface area contributed by atoms with Crippen LogP contribution < -0.4 is 5.32 Å². The van der Waals surface area contributed by atoms with Crippen LogP contribution in [0.25, 0.3) is 0 Å². The molecule has 3 heterocycles. The lowest BCUT2D eigenvalue weighted by atomic mass is 9.80. The number of hydrogen-bond acceptors (Lipinski definition) is 4. The van der Waals surface area contributed by atoms with Crippen LogP contribution in [0.5, 0.6) is 0 Å². The van der Waals surface area contributed by atoms with E-state index < -0.39 is 0 Å². The molecule has 0 unspecified atom stereocenters. The molecule has 0 bridgehead atoms. The number of aromatic nitrogens is 2. The molecule has 2 saturated heterocycles. The third kappa shape index (κ3) is 4.18. The number of H-pyrrole nitrogens is 1. The lowest BCUT2D eigenvalue weighted by molar-refractivity contribution is -0.131. The van der Waals surface area contributed by atoms with Gasteiger partial charge in [-0.2, -0.15) is 0 Å². The number of carbonyl (C=O) groups is 1. The van der Waals surface area contributed by atoms with Crippen LogP contribution in [0.4, 0.5) is 0 Å². The highest BCUT2D eigenvalue weighted by Gasteiger charge is 2.55. The first-order chi connectivity index (χ1) is 13.7. The maximum atomic E-state index is 13.1. The van der Waals surface area contributed by atoms with Crippen LogP contribution in [0.1, 0.15) is 57.0 Å². The van der Waals surface area contributed by atoms with Crippen molar-refractivity contribution in [2.45, 2.75) is 58.4 Å². The van der Waals surface area contributed by atoms with E-state index in [2.05, 4.69) is 33.2 Å². The Hall–Kier alpha value is -1.66. The summed E-state index contributed by atoms with van der Waals surface area (Å²) in [6.45, 7) is 6.65. The number of allylic oxidation sites excluding steroid dienone is 1. The number of ether oxygens (including phenoxy) is 1. The second-order valence-corrected chi connectivity index (χ2v) is 8.79. The van der Waals surface area contributed by atoms with Gasteiger partial charge in [-0.05, 0) is 32.1 Å². The van der Waals surface area contributed by atoms with Crippen LogP contribution in [-0.2, 0) is 22.5 Å². The van der Waals surface area contributed by atoms with E-state index in [0.29, 0.717) is 19.8 Å². The third-order valence-electron chi connectivity index (χ3n) is 6.60. The topological polar surface area (TPSA) is 70.2 Å². The molecular formula is C22H34N4O2. The Labute approximate surface area is 168 Å². The number of aryl methyl sites for hydroxylation is 1. The Morgan fingerprint density at radius 1 is 1.46 bits per heavy atom. The fourth-order valence-electron chi connectivity index (χ4n) is 4.91. The number of rotatable bonds is 8. The maximum absolute atomic E-state index is 13.1. The molecule has 2 aliphatic heterocycles. The second kappa shape index (κ2) is 8.78. The number of fused-ring (bicyclic) bond motifs is 1. The van der Waals surface area contributed by atoms with E-state index >= 15 is 0 Å². The normalized spacial score (nSPS) is 27.6. The summed E-state index contributed by atoms with van der Waals surface area (Å²) in [6, 6.07) is 0. The standard InChI is InChI=1S/C22H34N4O2/c1-2-3-9-20-23-11-19(25-20)13-26-12-18-14-28-16-22(18,15-26)21(27)24-10-17-7-5-4-6-8-17/h7,11,18H,2-6,8-10,12-16H2,1H3,(H,23,25)(H,24,27)/t18-,22-/m1/s1. The summed E-state index contributed by atoms with van der Waals surface area (Å²) in [4.78, 5) is 23.5. The van der Waals surface area contributed by atoms with Crippen molar-refractivity contribution in [1.29, 1.82) is 0 Å². The van der Waals surface area contributed by atoms with Crippen LogP contribution in [-0.4, -0.2) is 53.6 Å². The quantitative estimate of drug-likeness (QED) is 0.674. The molecule has 154 valence electrons. The maximum Gasteiger partial charge on any atom is 0.230 e. The van der Waals surface area contributed by atoms with Crippen molar-refractivity contribution in [3.63, 3.8) is 0 Å². The first-order valence-electron chi connectivity index (χ1n) is 11.0. The molecule has 0 spiro atoms. The Morgan fingerprint density at radius 3 is 3.21 bits per heavy atom. The zero-order valence-electron chi connectivity index (χ0n) is 17.1. The van der Waals surface area contributed by atoms with Crippen LogP contribution in [0.3, 0.4) is 0 Å². The fraction of sp³-hybridized carbons (Fsp3) is 0.727. The summed E-state index contributed by atoms with van der Waals surface area (Å²) in [5.74, 6) is 1.54. The largest absolute Gasteiger partial charge is 0.380 e. The molecule has 28 heavy (non-hydrogen) atoms. The summed E-state index contributed by atoms with van der Waals surface area (Å²) in [5.41, 5.74) is 2.15. The highest BCUT2D eigenvalue weighted by molar-refractivity contribution is 5.84. The van der Waals surface area contributed by atoms with Gasteiger partial charge in [0.25, 0.3) is 0 Å². The minimum absolute atomic E-state index is 0.178. The van der Waals surface area contributed by atoms with E-state index in [1.807, 2.05) is 6.20 Å². The number of likely N-dealkylation sites (tertiary alicyclic amines) is 1. The highest BCUT2D eigenvalue weighted by atomic mass is 16.5. The first-order valence-corrected chi connectivity index (χ1v) is 11.0. The van der Waals surface area contributed by atoms with E-state index in [9.17, 15) is 4.79 Å². The molecule has 0 saturated carbocycles. The molecule has 0 aromatic carbocycles. The SMILES string of the molecule is CCCCc1ncc(CN2C[C@@H]3COC[C@]3(C(=O)NCC3=CCCCC3)C2)[nH]1. The van der Waals surface area contributed by atoms with Crippen molar-refractivity contribution in [2.75, 3.05) is 32.8 Å². The van der Waals surface area contributed by atoms with E-state index in [4.69, 9.17) is 4.74 Å². The fourth-order valence-corrected chi connectivity index (χ4v) is 4.91.